The molecule has 17 heavy (non-hydrogen) atoms. The second-order valence-electron chi connectivity index (χ2n) is 2.94. The number of nitrogens with one attached hydrogen (secondary N) is 1. The molecule has 0 aliphatic rings. The van der Waals surface area contributed by atoms with Crippen LogP contribution in [0.5, 0.6) is 0 Å². The first kappa shape index (κ1) is 13.1. The molecule has 0 radical (unpaired) electrons. The smallest absolute Gasteiger partial charge is 0.318 e. The molecule has 0 saturated carbocycles. The predicted molar refractivity (Wildman–Crippen MR) is 53.9 cm³/mol. The molecular weight excluding hydrogens is 251 g/mol. The SMILES string of the molecule is N#Cc1c(F)cccc1S(=O)(=O)NCC(=O)O. The van der Waals surface area contributed by atoms with Gasteiger partial charge in [0.25, 0.3) is 0 Å². The number of nitrogens with zero attached hydrogens (tertiary/aromatic N) is 1. The van der Waals surface area contributed by atoms with Gasteiger partial charge in [-0.3, -0.25) is 4.79 Å². The van der Waals surface area contributed by atoms with Crippen molar-refractivity contribution in [2.45, 2.75) is 4.90 Å². The normalized spacial score (nSPS) is 10.8. The van der Waals surface area contributed by atoms with Gasteiger partial charge < -0.3 is 5.11 Å². The Morgan fingerprint density at radius 3 is 2.71 bits per heavy atom. The van der Waals surface area contributed by atoms with Crippen LogP contribution in [-0.2, 0) is 14.8 Å². The maximum atomic E-state index is 13.1. The largest absolute Gasteiger partial charge is 0.480 e. The topological polar surface area (TPSA) is 107 Å². The molecule has 1 aromatic rings. The van der Waals surface area contributed by atoms with Crippen molar-refractivity contribution in [3.05, 3.63) is 29.6 Å². The Labute approximate surface area is 96.4 Å². The average Bonchev–Trinajstić information content (AvgIpc) is 2.26. The van der Waals surface area contributed by atoms with Gasteiger partial charge in [-0.25, -0.2) is 12.8 Å². The second kappa shape index (κ2) is 4.90. The number of carboxylic acids is 1. The van der Waals surface area contributed by atoms with E-state index in [1.807, 2.05) is 0 Å². The van der Waals surface area contributed by atoms with Gasteiger partial charge in [0.2, 0.25) is 10.0 Å². The van der Waals surface area contributed by atoms with Crippen molar-refractivity contribution >= 4 is 16.0 Å². The van der Waals surface area contributed by atoms with Crippen LogP contribution in [-0.4, -0.2) is 26.0 Å². The highest BCUT2D eigenvalue weighted by Gasteiger charge is 2.21. The van der Waals surface area contributed by atoms with Crippen LogP contribution in [0.1, 0.15) is 5.56 Å². The monoisotopic (exact) mass is 258 g/mol. The second-order valence-corrected chi connectivity index (χ2v) is 4.68. The summed E-state index contributed by atoms with van der Waals surface area (Å²) in [6.45, 7) is -0.844. The lowest BCUT2D eigenvalue weighted by Crippen LogP contribution is -2.30. The summed E-state index contributed by atoms with van der Waals surface area (Å²) in [6.07, 6.45) is 0. The van der Waals surface area contributed by atoms with E-state index in [2.05, 4.69) is 0 Å². The molecule has 0 heterocycles. The molecule has 1 aromatic carbocycles. The Morgan fingerprint density at radius 1 is 1.53 bits per heavy atom. The molecule has 0 aliphatic carbocycles. The molecule has 0 amide bonds. The first-order valence-corrected chi connectivity index (χ1v) is 5.77. The molecule has 0 atom stereocenters. The Balaban J connectivity index is 3.21. The van der Waals surface area contributed by atoms with Crippen molar-refractivity contribution in [3.8, 4) is 6.07 Å². The minimum Gasteiger partial charge on any atom is -0.480 e. The quantitative estimate of drug-likeness (QED) is 0.794. The molecule has 0 bridgehead atoms. The fraction of sp³-hybridized carbons (Fsp3) is 0.111. The molecule has 0 unspecified atom stereocenters. The van der Waals surface area contributed by atoms with Crippen LogP contribution in [0.2, 0.25) is 0 Å². The van der Waals surface area contributed by atoms with E-state index in [0.717, 1.165) is 18.2 Å². The van der Waals surface area contributed by atoms with E-state index >= 15 is 0 Å². The maximum absolute atomic E-state index is 13.1. The van der Waals surface area contributed by atoms with Crippen molar-refractivity contribution in [2.24, 2.45) is 0 Å². The summed E-state index contributed by atoms with van der Waals surface area (Å²) in [7, 11) is -4.21. The summed E-state index contributed by atoms with van der Waals surface area (Å²) in [6, 6.07) is 4.49. The van der Waals surface area contributed by atoms with Crippen molar-refractivity contribution in [1.82, 2.24) is 4.72 Å². The minimum atomic E-state index is -4.21. The van der Waals surface area contributed by atoms with Gasteiger partial charge in [0, 0.05) is 0 Å². The van der Waals surface area contributed by atoms with Crippen molar-refractivity contribution in [2.75, 3.05) is 6.54 Å². The summed E-state index contributed by atoms with van der Waals surface area (Å²) in [5.74, 6) is -2.37. The average molecular weight is 258 g/mol. The molecule has 0 aliphatic heterocycles. The molecule has 0 aromatic heterocycles. The number of aliphatic carboxylic acids is 1. The highest BCUT2D eigenvalue weighted by Crippen LogP contribution is 2.17. The predicted octanol–water partition coefficient (Wildman–Crippen LogP) is 0.0603. The van der Waals surface area contributed by atoms with Gasteiger partial charge in [0.05, 0.1) is 0 Å². The number of rotatable bonds is 4. The lowest BCUT2D eigenvalue weighted by Gasteiger charge is -2.06. The van der Waals surface area contributed by atoms with Gasteiger partial charge in [0.1, 0.15) is 28.9 Å². The molecule has 8 heteroatoms. The molecule has 0 spiro atoms. The standard InChI is InChI=1S/C9H7FN2O4S/c10-7-2-1-3-8(6(7)4-11)17(15,16)12-5-9(13)14/h1-3,12H,5H2,(H,13,14). The molecule has 6 nitrogen and oxygen atoms in total. The Kier molecular flexibility index (Phi) is 3.77. The zero-order valence-corrected chi connectivity index (χ0v) is 9.16. The molecule has 2 N–H and O–H groups in total. The van der Waals surface area contributed by atoms with E-state index < -0.39 is 38.8 Å². The zero-order valence-electron chi connectivity index (χ0n) is 8.34. The Bertz CT molecular complexity index is 592. The van der Waals surface area contributed by atoms with Crippen molar-refractivity contribution in [3.63, 3.8) is 0 Å². The fourth-order valence-electron chi connectivity index (χ4n) is 1.07. The first-order valence-electron chi connectivity index (χ1n) is 4.28. The van der Waals surface area contributed by atoms with Gasteiger partial charge in [-0.2, -0.15) is 9.98 Å². The van der Waals surface area contributed by atoms with E-state index in [4.69, 9.17) is 10.4 Å². The number of nitriles is 1. The number of benzene rings is 1. The van der Waals surface area contributed by atoms with Crippen LogP contribution in [0, 0.1) is 17.1 Å². The Morgan fingerprint density at radius 2 is 2.18 bits per heavy atom. The van der Waals surface area contributed by atoms with Gasteiger partial charge in [-0.1, -0.05) is 6.07 Å². The third-order valence-corrected chi connectivity index (χ3v) is 3.23. The van der Waals surface area contributed by atoms with Crippen LogP contribution in [0.15, 0.2) is 23.1 Å². The summed E-state index contributed by atoms with van der Waals surface area (Å²) in [4.78, 5) is 9.65. The minimum absolute atomic E-state index is 0.582. The summed E-state index contributed by atoms with van der Waals surface area (Å²) < 4.78 is 38.0. The molecule has 0 fully saturated rings. The van der Waals surface area contributed by atoms with Gasteiger partial charge in [-0.05, 0) is 12.1 Å². The van der Waals surface area contributed by atoms with Crippen LogP contribution < -0.4 is 4.72 Å². The lowest BCUT2D eigenvalue weighted by molar-refractivity contribution is -0.135. The number of sulfonamides is 1. The Hall–Kier alpha value is -1.98. The third kappa shape index (κ3) is 2.99. The maximum Gasteiger partial charge on any atom is 0.318 e. The third-order valence-electron chi connectivity index (χ3n) is 1.79. The molecule has 0 saturated heterocycles. The number of hydrogen-bond donors (Lipinski definition) is 2. The van der Waals surface area contributed by atoms with Crippen LogP contribution in [0.3, 0.4) is 0 Å². The van der Waals surface area contributed by atoms with Crippen LogP contribution >= 0.6 is 0 Å². The van der Waals surface area contributed by atoms with E-state index in [9.17, 15) is 17.6 Å². The van der Waals surface area contributed by atoms with Gasteiger partial charge >= 0.3 is 5.97 Å². The highest BCUT2D eigenvalue weighted by atomic mass is 32.2. The van der Waals surface area contributed by atoms with E-state index in [1.54, 1.807) is 4.72 Å². The van der Waals surface area contributed by atoms with E-state index in [-0.39, 0.29) is 0 Å². The number of carboxylic acid groups (broad SMARTS) is 1. The number of halogens is 1. The summed E-state index contributed by atoms with van der Waals surface area (Å²) in [5, 5.41) is 17.0. The van der Waals surface area contributed by atoms with Gasteiger partial charge in [-0.15, -0.1) is 0 Å². The van der Waals surface area contributed by atoms with Crippen molar-refractivity contribution < 1.29 is 22.7 Å². The van der Waals surface area contributed by atoms with Crippen LogP contribution in [0.25, 0.3) is 0 Å². The number of hydrogen-bond acceptors (Lipinski definition) is 4. The summed E-state index contributed by atoms with van der Waals surface area (Å²) in [5.41, 5.74) is -0.648. The van der Waals surface area contributed by atoms with Crippen molar-refractivity contribution in [1.29, 1.82) is 5.26 Å². The van der Waals surface area contributed by atoms with E-state index in [0.29, 0.717) is 0 Å². The zero-order chi connectivity index (χ0) is 13.1. The van der Waals surface area contributed by atoms with Crippen LogP contribution in [0.4, 0.5) is 4.39 Å². The molecular formula is C9H7FN2O4S. The fourth-order valence-corrected chi connectivity index (χ4v) is 2.21. The van der Waals surface area contributed by atoms with Gasteiger partial charge in [0.15, 0.2) is 0 Å². The lowest BCUT2D eigenvalue weighted by atomic mass is 10.2. The molecule has 90 valence electrons. The number of carbonyl (C=O) groups is 1. The first-order chi connectivity index (χ1) is 7.88. The summed E-state index contributed by atoms with van der Waals surface area (Å²) >= 11 is 0. The highest BCUT2D eigenvalue weighted by molar-refractivity contribution is 7.89. The molecule has 1 rings (SSSR count). The van der Waals surface area contributed by atoms with E-state index in [1.165, 1.54) is 6.07 Å².